The van der Waals surface area contributed by atoms with Gasteiger partial charge in [0.1, 0.15) is 11.6 Å². The molecule has 0 atom stereocenters. The fourth-order valence-corrected chi connectivity index (χ4v) is 2.33. The fourth-order valence-electron chi connectivity index (χ4n) is 2.33. The van der Waals surface area contributed by atoms with Crippen LogP contribution in [0.25, 0.3) is 22.1 Å². The van der Waals surface area contributed by atoms with E-state index in [1.165, 1.54) is 0 Å². The molecule has 6 heteroatoms. The Morgan fingerprint density at radius 3 is 1.50 bits per heavy atom. The van der Waals surface area contributed by atoms with Gasteiger partial charge < -0.3 is 9.97 Å². The summed E-state index contributed by atoms with van der Waals surface area (Å²) in [5, 5.41) is 16.9. The van der Waals surface area contributed by atoms with Crippen LogP contribution in [0.5, 0.6) is 0 Å². The van der Waals surface area contributed by atoms with Gasteiger partial charge in [-0.2, -0.15) is 10.5 Å². The van der Waals surface area contributed by atoms with Crippen LogP contribution in [0.2, 0.25) is 0 Å². The number of rotatable bonds is 2. The van der Waals surface area contributed by atoms with Crippen molar-refractivity contribution in [2.45, 2.75) is 12.8 Å². The van der Waals surface area contributed by atoms with Gasteiger partial charge in [0.05, 0.1) is 47.0 Å². The van der Waals surface area contributed by atoms with Crippen LogP contribution in [0.1, 0.15) is 11.6 Å². The molecule has 4 aromatic rings. The second-order valence-electron chi connectivity index (χ2n) is 5.07. The van der Waals surface area contributed by atoms with Gasteiger partial charge in [0.15, 0.2) is 0 Å². The molecule has 0 aliphatic carbocycles. The summed E-state index contributed by atoms with van der Waals surface area (Å²) >= 11 is 0. The smallest absolute Gasteiger partial charge is 0.121 e. The molecule has 0 spiro atoms. The van der Waals surface area contributed by atoms with E-state index in [0.717, 1.165) is 33.7 Å². The molecular formula is C18H14N6. The number of hydrogen-bond donors (Lipinski definition) is 2. The lowest BCUT2D eigenvalue weighted by Crippen LogP contribution is -1.81. The number of para-hydroxylation sites is 4. The van der Waals surface area contributed by atoms with E-state index in [2.05, 4.69) is 32.1 Å². The molecule has 2 N–H and O–H groups in total. The van der Waals surface area contributed by atoms with Crippen molar-refractivity contribution < 1.29 is 0 Å². The molecule has 0 saturated heterocycles. The highest BCUT2D eigenvalue weighted by Gasteiger charge is 2.00. The van der Waals surface area contributed by atoms with Crippen molar-refractivity contribution in [2.75, 3.05) is 0 Å². The summed E-state index contributed by atoms with van der Waals surface area (Å²) < 4.78 is 0. The number of benzene rings is 2. The van der Waals surface area contributed by atoms with Gasteiger partial charge in [-0.05, 0) is 24.3 Å². The van der Waals surface area contributed by atoms with Crippen molar-refractivity contribution >= 4 is 22.1 Å². The Bertz CT molecular complexity index is 892. The lowest BCUT2D eigenvalue weighted by Gasteiger charge is -1.81. The summed E-state index contributed by atoms with van der Waals surface area (Å²) in [7, 11) is 0. The first-order chi connectivity index (χ1) is 11.8. The zero-order valence-electron chi connectivity index (χ0n) is 12.8. The molecule has 4 rings (SSSR count). The third-order valence-corrected chi connectivity index (χ3v) is 3.37. The monoisotopic (exact) mass is 314 g/mol. The van der Waals surface area contributed by atoms with Crippen molar-refractivity contribution in [2.24, 2.45) is 0 Å². The maximum atomic E-state index is 8.43. The first-order valence-electron chi connectivity index (χ1n) is 7.41. The van der Waals surface area contributed by atoms with Gasteiger partial charge in [0, 0.05) is 0 Å². The summed E-state index contributed by atoms with van der Waals surface area (Å²) in [6.45, 7) is 0. The summed E-state index contributed by atoms with van der Waals surface area (Å²) in [4.78, 5) is 14.6. The molecule has 0 saturated carbocycles. The standard InChI is InChI=1S/2C9H7N3/c2*10-6-5-9-11-7-3-1-2-4-8(7)12-9/h2*1-4H,5H2,(H,11,12). The molecular weight excluding hydrogens is 300 g/mol. The van der Waals surface area contributed by atoms with Crippen LogP contribution in [0.3, 0.4) is 0 Å². The zero-order chi connectivity index (χ0) is 16.8. The molecule has 6 nitrogen and oxygen atoms in total. The van der Waals surface area contributed by atoms with E-state index in [4.69, 9.17) is 10.5 Å². The van der Waals surface area contributed by atoms with Crippen molar-refractivity contribution in [1.29, 1.82) is 10.5 Å². The Hall–Kier alpha value is -3.64. The van der Waals surface area contributed by atoms with E-state index in [0.29, 0.717) is 12.8 Å². The molecule has 0 radical (unpaired) electrons. The lowest BCUT2D eigenvalue weighted by atomic mass is 10.3. The first-order valence-corrected chi connectivity index (χ1v) is 7.41. The van der Waals surface area contributed by atoms with Crippen LogP contribution < -0.4 is 0 Å². The molecule has 0 amide bonds. The predicted octanol–water partition coefficient (Wildman–Crippen LogP) is 3.26. The van der Waals surface area contributed by atoms with E-state index in [1.54, 1.807) is 0 Å². The third kappa shape index (κ3) is 3.40. The highest BCUT2D eigenvalue weighted by Crippen LogP contribution is 2.10. The van der Waals surface area contributed by atoms with E-state index in [-0.39, 0.29) is 0 Å². The Labute approximate surface area is 138 Å². The van der Waals surface area contributed by atoms with Gasteiger partial charge in [-0.3, -0.25) is 0 Å². The molecule has 2 aromatic heterocycles. The number of aromatic nitrogens is 4. The number of nitrogens with zero attached hydrogens (tertiary/aromatic N) is 4. The van der Waals surface area contributed by atoms with Crippen LogP contribution in [0.15, 0.2) is 48.5 Å². The Balaban J connectivity index is 0.000000141. The molecule has 0 fully saturated rings. The predicted molar refractivity (Wildman–Crippen MR) is 90.8 cm³/mol. The molecule has 116 valence electrons. The fraction of sp³-hybridized carbons (Fsp3) is 0.111. The van der Waals surface area contributed by atoms with Gasteiger partial charge >= 0.3 is 0 Å². The highest BCUT2D eigenvalue weighted by atomic mass is 14.9. The number of aromatic amines is 2. The largest absolute Gasteiger partial charge is 0.341 e. The second-order valence-corrected chi connectivity index (χ2v) is 5.07. The lowest BCUT2D eigenvalue weighted by molar-refractivity contribution is 1.08. The minimum atomic E-state index is 0.342. The van der Waals surface area contributed by atoms with Crippen LogP contribution in [-0.4, -0.2) is 19.9 Å². The van der Waals surface area contributed by atoms with E-state index < -0.39 is 0 Å². The van der Waals surface area contributed by atoms with Crippen LogP contribution in [0, 0.1) is 22.7 Å². The summed E-state index contributed by atoms with van der Waals surface area (Å²) in [6, 6.07) is 19.6. The molecule has 0 bridgehead atoms. The van der Waals surface area contributed by atoms with Crippen LogP contribution >= 0.6 is 0 Å². The van der Waals surface area contributed by atoms with Gasteiger partial charge in [0.2, 0.25) is 0 Å². The summed E-state index contributed by atoms with van der Waals surface area (Å²) in [5.74, 6) is 1.47. The van der Waals surface area contributed by atoms with Crippen molar-refractivity contribution in [3.63, 3.8) is 0 Å². The van der Waals surface area contributed by atoms with Crippen molar-refractivity contribution in [3.05, 3.63) is 60.2 Å². The third-order valence-electron chi connectivity index (χ3n) is 3.37. The number of nitriles is 2. The summed E-state index contributed by atoms with van der Waals surface area (Å²) in [6.07, 6.45) is 0.684. The Kier molecular flexibility index (Phi) is 4.50. The number of H-pyrrole nitrogens is 2. The molecule has 0 unspecified atom stereocenters. The van der Waals surface area contributed by atoms with E-state index in [1.807, 2.05) is 48.5 Å². The van der Waals surface area contributed by atoms with E-state index >= 15 is 0 Å². The number of fused-ring (bicyclic) bond motifs is 2. The van der Waals surface area contributed by atoms with Gasteiger partial charge in [-0.15, -0.1) is 0 Å². The minimum Gasteiger partial charge on any atom is -0.341 e. The SMILES string of the molecule is N#CCc1nc2ccccc2[nH]1.N#CCc1nc2ccccc2[nH]1. The number of nitrogens with one attached hydrogen (secondary N) is 2. The number of hydrogen-bond acceptors (Lipinski definition) is 4. The maximum absolute atomic E-state index is 8.43. The van der Waals surface area contributed by atoms with Crippen LogP contribution in [0.4, 0.5) is 0 Å². The normalized spacial score (nSPS) is 9.92. The highest BCUT2D eigenvalue weighted by molar-refractivity contribution is 5.75. The molecule has 2 aromatic carbocycles. The molecule has 24 heavy (non-hydrogen) atoms. The Morgan fingerprint density at radius 2 is 1.12 bits per heavy atom. The quantitative estimate of drug-likeness (QED) is 0.592. The average molecular weight is 314 g/mol. The Morgan fingerprint density at radius 1 is 0.708 bits per heavy atom. The molecule has 2 heterocycles. The summed E-state index contributed by atoms with van der Waals surface area (Å²) in [5.41, 5.74) is 3.82. The zero-order valence-corrected chi connectivity index (χ0v) is 12.8. The van der Waals surface area contributed by atoms with Crippen LogP contribution in [-0.2, 0) is 12.8 Å². The molecule has 0 aliphatic heterocycles. The number of imidazole rings is 2. The van der Waals surface area contributed by atoms with Crippen molar-refractivity contribution in [1.82, 2.24) is 19.9 Å². The van der Waals surface area contributed by atoms with Gasteiger partial charge in [-0.25, -0.2) is 9.97 Å². The van der Waals surface area contributed by atoms with Crippen molar-refractivity contribution in [3.8, 4) is 12.1 Å². The molecule has 0 aliphatic rings. The minimum absolute atomic E-state index is 0.342. The maximum Gasteiger partial charge on any atom is 0.121 e. The van der Waals surface area contributed by atoms with E-state index in [9.17, 15) is 0 Å². The van der Waals surface area contributed by atoms with Gasteiger partial charge in [0.25, 0.3) is 0 Å². The second kappa shape index (κ2) is 7.08. The first kappa shape index (κ1) is 15.3. The average Bonchev–Trinajstić information content (AvgIpc) is 3.18. The topological polar surface area (TPSA) is 105 Å². The van der Waals surface area contributed by atoms with Gasteiger partial charge in [-0.1, -0.05) is 24.3 Å².